The minimum absolute atomic E-state index is 0.0455. The van der Waals surface area contributed by atoms with Crippen LogP contribution < -0.4 is 11.5 Å². The van der Waals surface area contributed by atoms with Crippen molar-refractivity contribution in [2.45, 2.75) is 17.7 Å². The van der Waals surface area contributed by atoms with E-state index >= 15 is 0 Å². The van der Waals surface area contributed by atoms with Gasteiger partial charge in [0, 0.05) is 17.0 Å². The van der Waals surface area contributed by atoms with Crippen molar-refractivity contribution in [2.75, 3.05) is 19.5 Å². The molecule has 0 radical (unpaired) electrons. The molecule has 3 rings (SSSR count). The first-order valence-corrected chi connectivity index (χ1v) is 11.0. The standard InChI is InChI=1S/C18H19N5O7S2/c1-3-30-9(24)5-4-7-12(17(27)28)23-15(26)10(16(23)32-14(7)19)13(25)11(22-29-2)8-6-31-18(20)21-8/h4-6,10,14,16H,3,19H2,1-2H3,(H2,20,21)(H,27,28)/t10?,14?,16-/m1/s1. The van der Waals surface area contributed by atoms with Crippen molar-refractivity contribution < 1.29 is 33.9 Å². The number of carbonyl (C=O) groups excluding carboxylic acids is 3. The van der Waals surface area contributed by atoms with Crippen molar-refractivity contribution in [3.63, 3.8) is 0 Å². The van der Waals surface area contributed by atoms with Gasteiger partial charge in [-0.1, -0.05) is 5.16 Å². The quantitative estimate of drug-likeness (QED) is 0.112. The van der Waals surface area contributed by atoms with Crippen LogP contribution in [0.4, 0.5) is 5.13 Å². The molecule has 2 aliphatic heterocycles. The smallest absolute Gasteiger partial charge is 0.353 e. The van der Waals surface area contributed by atoms with Crippen LogP contribution in [0.1, 0.15) is 12.6 Å². The largest absolute Gasteiger partial charge is 0.477 e. The van der Waals surface area contributed by atoms with Crippen LogP contribution in [-0.2, 0) is 28.8 Å². The second-order valence-corrected chi connectivity index (χ2v) is 8.54. The number of rotatable bonds is 8. The molecule has 1 fully saturated rings. The normalized spacial score (nSPS) is 23.1. The number of aliphatic carboxylic acids is 1. The number of hydrogen-bond acceptors (Lipinski definition) is 12. The zero-order valence-corrected chi connectivity index (χ0v) is 18.5. The number of nitrogen functional groups attached to an aromatic ring is 1. The van der Waals surface area contributed by atoms with Gasteiger partial charge in [-0.05, 0) is 13.0 Å². The molecule has 1 aromatic rings. The number of esters is 1. The van der Waals surface area contributed by atoms with Crippen LogP contribution in [0.5, 0.6) is 0 Å². The summed E-state index contributed by atoms with van der Waals surface area (Å²) in [6.45, 7) is 1.76. The Labute approximate surface area is 189 Å². The van der Waals surface area contributed by atoms with Crippen molar-refractivity contribution in [3.8, 4) is 0 Å². The average molecular weight is 482 g/mol. The van der Waals surface area contributed by atoms with E-state index < -0.39 is 46.0 Å². The van der Waals surface area contributed by atoms with Gasteiger partial charge in [-0.3, -0.25) is 14.5 Å². The van der Waals surface area contributed by atoms with Gasteiger partial charge in [0.15, 0.2) is 10.8 Å². The van der Waals surface area contributed by atoms with Crippen LogP contribution in [0, 0.1) is 5.92 Å². The molecule has 3 heterocycles. The Hall–Kier alpha value is -3.23. The molecule has 5 N–H and O–H groups in total. The SMILES string of the molecule is CCOC(=O)C=CC1=C(C(=O)O)N2C(=O)C(C(=O)C(=NOC)c3csc(N)n3)[C@H]2SC1N. The third-order valence-corrected chi connectivity index (χ3v) is 6.48. The maximum Gasteiger partial charge on any atom is 0.353 e. The lowest BCUT2D eigenvalue weighted by Gasteiger charge is -2.49. The lowest BCUT2D eigenvalue weighted by molar-refractivity contribution is -0.155. The summed E-state index contributed by atoms with van der Waals surface area (Å²) in [6, 6.07) is 0. The Bertz CT molecular complexity index is 1060. The third kappa shape index (κ3) is 4.24. The number of amides is 1. The second-order valence-electron chi connectivity index (χ2n) is 6.39. The summed E-state index contributed by atoms with van der Waals surface area (Å²) in [5, 5.41) is 13.3. The Kier molecular flexibility index (Phi) is 6.96. The summed E-state index contributed by atoms with van der Waals surface area (Å²) in [5.41, 5.74) is 11.3. The van der Waals surface area contributed by atoms with Crippen LogP contribution in [0.3, 0.4) is 0 Å². The molecule has 32 heavy (non-hydrogen) atoms. The number of carboxylic acids is 1. The number of aromatic nitrogens is 1. The van der Waals surface area contributed by atoms with E-state index in [4.69, 9.17) is 21.0 Å². The zero-order chi connectivity index (χ0) is 23.6. The number of β-lactam (4-membered cyclic amide) rings is 1. The first-order chi connectivity index (χ1) is 15.2. The molecule has 12 nitrogen and oxygen atoms in total. The van der Waals surface area contributed by atoms with E-state index in [1.807, 2.05) is 0 Å². The highest BCUT2D eigenvalue weighted by Gasteiger charge is 2.58. The summed E-state index contributed by atoms with van der Waals surface area (Å²) in [7, 11) is 1.23. The van der Waals surface area contributed by atoms with Gasteiger partial charge >= 0.3 is 11.9 Å². The van der Waals surface area contributed by atoms with E-state index in [0.717, 1.165) is 34.1 Å². The third-order valence-electron chi connectivity index (χ3n) is 4.50. The summed E-state index contributed by atoms with van der Waals surface area (Å²) in [5.74, 6) is -4.79. The molecule has 1 amide bonds. The van der Waals surface area contributed by atoms with Gasteiger partial charge in [0.05, 0.1) is 12.0 Å². The molecule has 170 valence electrons. The Morgan fingerprint density at radius 2 is 2.12 bits per heavy atom. The molecule has 0 aromatic carbocycles. The van der Waals surface area contributed by atoms with E-state index in [1.165, 1.54) is 18.6 Å². The predicted molar refractivity (Wildman–Crippen MR) is 115 cm³/mol. The molecule has 2 aliphatic rings. The van der Waals surface area contributed by atoms with Gasteiger partial charge in [0.1, 0.15) is 29.8 Å². The van der Waals surface area contributed by atoms with Crippen molar-refractivity contribution >= 4 is 57.6 Å². The topological polar surface area (TPSA) is 188 Å². The molecule has 1 aromatic heterocycles. The number of ether oxygens (including phenoxy) is 1. The van der Waals surface area contributed by atoms with E-state index in [2.05, 4.69) is 10.1 Å². The number of carbonyl (C=O) groups is 4. The molecular weight excluding hydrogens is 462 g/mol. The zero-order valence-electron chi connectivity index (χ0n) is 16.9. The van der Waals surface area contributed by atoms with Crippen LogP contribution in [0.2, 0.25) is 0 Å². The number of oxime groups is 1. The van der Waals surface area contributed by atoms with Gasteiger partial charge in [-0.2, -0.15) is 0 Å². The second kappa shape index (κ2) is 9.50. The molecule has 1 saturated heterocycles. The highest BCUT2D eigenvalue weighted by atomic mass is 32.2. The summed E-state index contributed by atoms with van der Waals surface area (Å²) >= 11 is 2.09. The number of nitrogens with two attached hydrogens (primary N) is 2. The first-order valence-electron chi connectivity index (χ1n) is 9.14. The lowest BCUT2D eigenvalue weighted by Crippen LogP contribution is -2.66. The number of anilines is 1. The van der Waals surface area contributed by atoms with Crippen LogP contribution in [0.25, 0.3) is 0 Å². The highest BCUT2D eigenvalue weighted by Crippen LogP contribution is 2.46. The fraction of sp³-hybridized carbons (Fsp3) is 0.333. The number of ketones is 1. The number of fused-ring (bicyclic) bond motifs is 1. The fourth-order valence-electron chi connectivity index (χ4n) is 3.18. The van der Waals surface area contributed by atoms with Gasteiger partial charge in [0.25, 0.3) is 0 Å². The number of carboxylic acid groups (broad SMARTS) is 1. The first kappa shape index (κ1) is 23.4. The number of thiazole rings is 1. The molecular formula is C18H19N5O7S2. The Balaban J connectivity index is 1.93. The molecule has 0 saturated carbocycles. The van der Waals surface area contributed by atoms with Crippen molar-refractivity contribution in [1.82, 2.24) is 9.88 Å². The van der Waals surface area contributed by atoms with Gasteiger partial charge in [-0.15, -0.1) is 23.1 Å². The van der Waals surface area contributed by atoms with Crippen molar-refractivity contribution in [1.29, 1.82) is 0 Å². The Morgan fingerprint density at radius 3 is 2.69 bits per heavy atom. The summed E-state index contributed by atoms with van der Waals surface area (Å²) in [6.07, 6.45) is 2.24. The van der Waals surface area contributed by atoms with Crippen molar-refractivity contribution in [2.24, 2.45) is 16.8 Å². The predicted octanol–water partition coefficient (Wildman–Crippen LogP) is -0.0810. The number of thioether (sulfide) groups is 1. The summed E-state index contributed by atoms with van der Waals surface area (Å²) < 4.78 is 4.78. The minimum atomic E-state index is -1.42. The number of nitrogens with zero attached hydrogens (tertiary/aromatic N) is 3. The van der Waals surface area contributed by atoms with Crippen LogP contribution in [-0.4, -0.2) is 68.8 Å². The van der Waals surface area contributed by atoms with Crippen LogP contribution >= 0.6 is 23.1 Å². The molecule has 0 aliphatic carbocycles. The molecule has 3 atom stereocenters. The number of hydrogen-bond donors (Lipinski definition) is 3. The van der Waals surface area contributed by atoms with Gasteiger partial charge in [-0.25, -0.2) is 14.6 Å². The maximum atomic E-state index is 13.1. The van der Waals surface area contributed by atoms with E-state index in [1.54, 1.807) is 6.92 Å². The summed E-state index contributed by atoms with van der Waals surface area (Å²) in [4.78, 5) is 59.3. The fourth-order valence-corrected chi connectivity index (χ4v) is 5.09. The van der Waals surface area contributed by atoms with Gasteiger partial charge < -0.3 is 26.1 Å². The maximum absolute atomic E-state index is 13.1. The molecule has 0 spiro atoms. The minimum Gasteiger partial charge on any atom is -0.477 e. The molecule has 14 heteroatoms. The lowest BCUT2D eigenvalue weighted by atomic mass is 9.88. The Morgan fingerprint density at radius 1 is 1.41 bits per heavy atom. The van der Waals surface area contributed by atoms with Gasteiger partial charge in [0.2, 0.25) is 11.7 Å². The highest BCUT2D eigenvalue weighted by molar-refractivity contribution is 8.00. The van der Waals surface area contributed by atoms with E-state index in [0.29, 0.717) is 0 Å². The van der Waals surface area contributed by atoms with Crippen LogP contribution in [0.15, 0.2) is 34.0 Å². The number of Topliss-reactive ketones (excluding diaryl/α,β-unsaturated/α-hetero) is 1. The average Bonchev–Trinajstić information content (AvgIpc) is 3.16. The van der Waals surface area contributed by atoms with E-state index in [-0.39, 0.29) is 28.7 Å². The molecule has 2 unspecified atom stereocenters. The molecule has 0 bridgehead atoms. The van der Waals surface area contributed by atoms with E-state index in [9.17, 15) is 24.3 Å². The monoisotopic (exact) mass is 481 g/mol. The van der Waals surface area contributed by atoms with Crippen molar-refractivity contribution in [3.05, 3.63) is 34.5 Å².